The van der Waals surface area contributed by atoms with Crippen molar-refractivity contribution in [3.8, 4) is 0 Å². The molecule has 1 aliphatic heterocycles. The molecular weight excluding hydrogens is 280 g/mol. The number of hydrogen-bond acceptors (Lipinski definition) is 4. The van der Waals surface area contributed by atoms with E-state index in [-0.39, 0.29) is 18.1 Å². The molecule has 1 saturated heterocycles. The van der Waals surface area contributed by atoms with Gasteiger partial charge in [-0.3, -0.25) is 9.48 Å². The minimum Gasteiger partial charge on any atom is -0.373 e. The van der Waals surface area contributed by atoms with Crippen LogP contribution in [0.2, 0.25) is 0 Å². The molecule has 0 spiro atoms. The molecule has 1 unspecified atom stereocenters. The molecule has 1 amide bonds. The highest BCUT2D eigenvalue weighted by molar-refractivity contribution is 5.76. The summed E-state index contributed by atoms with van der Waals surface area (Å²) in [7, 11) is 0. The first-order valence-corrected chi connectivity index (χ1v) is 8.26. The van der Waals surface area contributed by atoms with Gasteiger partial charge >= 0.3 is 0 Å². The molecular formula is C16H26N4O2. The summed E-state index contributed by atoms with van der Waals surface area (Å²) >= 11 is 0. The molecule has 1 aromatic rings. The van der Waals surface area contributed by atoms with E-state index in [9.17, 15) is 4.79 Å². The molecule has 2 aliphatic rings. The summed E-state index contributed by atoms with van der Waals surface area (Å²) in [5.74, 6) is 0.592. The summed E-state index contributed by atoms with van der Waals surface area (Å²) in [6, 6.07) is 0.202. The normalized spacial score (nSPS) is 29.0. The van der Waals surface area contributed by atoms with Gasteiger partial charge < -0.3 is 15.4 Å². The summed E-state index contributed by atoms with van der Waals surface area (Å²) in [5.41, 5.74) is 7.22. The minimum absolute atomic E-state index is 0.0225. The van der Waals surface area contributed by atoms with Crippen molar-refractivity contribution in [2.45, 2.75) is 51.3 Å². The summed E-state index contributed by atoms with van der Waals surface area (Å²) in [4.78, 5) is 14.4. The van der Waals surface area contributed by atoms with Gasteiger partial charge in [-0.25, -0.2) is 0 Å². The number of rotatable bonds is 4. The predicted molar refractivity (Wildman–Crippen MR) is 83.2 cm³/mol. The van der Waals surface area contributed by atoms with E-state index < -0.39 is 0 Å². The third-order valence-electron chi connectivity index (χ3n) is 4.80. The molecule has 2 N–H and O–H groups in total. The number of hydrogen-bond donors (Lipinski definition) is 1. The average Bonchev–Trinajstić information content (AvgIpc) is 3.08. The molecule has 3 atom stereocenters. The van der Waals surface area contributed by atoms with Gasteiger partial charge in [0.1, 0.15) is 0 Å². The van der Waals surface area contributed by atoms with Crippen molar-refractivity contribution >= 4 is 5.91 Å². The van der Waals surface area contributed by atoms with Crippen molar-refractivity contribution < 1.29 is 9.53 Å². The van der Waals surface area contributed by atoms with E-state index in [1.165, 1.54) is 0 Å². The van der Waals surface area contributed by atoms with Gasteiger partial charge in [0.05, 0.1) is 25.5 Å². The van der Waals surface area contributed by atoms with Crippen LogP contribution < -0.4 is 5.73 Å². The Labute approximate surface area is 131 Å². The van der Waals surface area contributed by atoms with Crippen LogP contribution in [0.1, 0.15) is 31.2 Å². The number of carbonyl (C=O) groups is 1. The highest BCUT2D eigenvalue weighted by Gasteiger charge is 2.30. The lowest BCUT2D eigenvalue weighted by Gasteiger charge is -2.33. The Hall–Kier alpha value is -1.40. The van der Waals surface area contributed by atoms with Crippen LogP contribution in [0.25, 0.3) is 0 Å². The largest absolute Gasteiger partial charge is 0.373 e. The summed E-state index contributed by atoms with van der Waals surface area (Å²) < 4.78 is 7.67. The minimum atomic E-state index is 0.0225. The fraction of sp³-hybridized carbons (Fsp3) is 0.750. The highest BCUT2D eigenvalue weighted by atomic mass is 16.5. The first kappa shape index (κ1) is 15.5. The fourth-order valence-electron chi connectivity index (χ4n) is 3.50. The highest BCUT2D eigenvalue weighted by Crippen LogP contribution is 2.27. The smallest absolute Gasteiger partial charge is 0.223 e. The van der Waals surface area contributed by atoms with Crippen molar-refractivity contribution in [2.75, 3.05) is 19.7 Å². The maximum absolute atomic E-state index is 12.5. The molecule has 1 saturated carbocycles. The fourth-order valence-corrected chi connectivity index (χ4v) is 3.50. The maximum Gasteiger partial charge on any atom is 0.223 e. The second-order valence-corrected chi connectivity index (χ2v) is 6.63. The molecule has 0 aromatic carbocycles. The van der Waals surface area contributed by atoms with E-state index in [1.54, 1.807) is 0 Å². The Kier molecular flexibility index (Phi) is 4.78. The summed E-state index contributed by atoms with van der Waals surface area (Å²) in [5, 5.41) is 4.29. The van der Waals surface area contributed by atoms with Gasteiger partial charge in [-0.2, -0.15) is 5.10 Å². The number of nitrogens with zero attached hydrogens (tertiary/aromatic N) is 3. The molecule has 0 radical (unpaired) electrons. The monoisotopic (exact) mass is 306 g/mol. The Balaban J connectivity index is 1.52. The molecule has 3 rings (SSSR count). The molecule has 6 nitrogen and oxygen atoms in total. The molecule has 0 bridgehead atoms. The number of morpholine rings is 1. The second-order valence-electron chi connectivity index (χ2n) is 6.63. The van der Waals surface area contributed by atoms with Crippen LogP contribution in [0, 0.1) is 12.8 Å². The lowest BCUT2D eigenvalue weighted by atomic mass is 9.99. The van der Waals surface area contributed by atoms with E-state index in [0.29, 0.717) is 38.6 Å². The Morgan fingerprint density at radius 2 is 2.36 bits per heavy atom. The van der Waals surface area contributed by atoms with E-state index in [2.05, 4.69) is 5.10 Å². The molecule has 1 aliphatic carbocycles. The average molecular weight is 306 g/mol. The van der Waals surface area contributed by atoms with Gasteiger partial charge in [-0.05, 0) is 31.2 Å². The molecule has 22 heavy (non-hydrogen) atoms. The first-order valence-electron chi connectivity index (χ1n) is 8.26. The van der Waals surface area contributed by atoms with Crippen LogP contribution in [0.3, 0.4) is 0 Å². The SMILES string of the molecule is Cc1cnn(CC2CN(C(=O)C[C@@H]3CCC[C@H]3N)CCO2)c1. The Bertz CT molecular complexity index is 516. The van der Waals surface area contributed by atoms with Gasteiger partial charge in [0.15, 0.2) is 0 Å². The zero-order valence-electron chi connectivity index (χ0n) is 13.3. The number of aryl methyl sites for hydroxylation is 1. The van der Waals surface area contributed by atoms with Crippen molar-refractivity contribution in [3.63, 3.8) is 0 Å². The van der Waals surface area contributed by atoms with Crippen molar-refractivity contribution in [2.24, 2.45) is 11.7 Å². The quantitative estimate of drug-likeness (QED) is 0.898. The van der Waals surface area contributed by atoms with Crippen molar-refractivity contribution in [1.29, 1.82) is 0 Å². The summed E-state index contributed by atoms with van der Waals surface area (Å²) in [6.45, 7) is 4.66. The van der Waals surface area contributed by atoms with Crippen LogP contribution in [-0.4, -0.2) is 52.4 Å². The zero-order chi connectivity index (χ0) is 15.5. The van der Waals surface area contributed by atoms with Crippen LogP contribution in [0.15, 0.2) is 12.4 Å². The van der Waals surface area contributed by atoms with Crippen molar-refractivity contribution in [3.05, 3.63) is 18.0 Å². The molecule has 1 aromatic heterocycles. The number of aromatic nitrogens is 2. The van der Waals surface area contributed by atoms with Gasteiger partial charge in [0.2, 0.25) is 5.91 Å². The molecule has 122 valence electrons. The first-order chi connectivity index (χ1) is 10.6. The standard InChI is InChI=1S/C16H26N4O2/c1-12-8-18-20(9-12)11-14-10-19(5-6-22-14)16(21)7-13-3-2-4-15(13)17/h8-9,13-15H,2-7,10-11,17H2,1H3/t13-,14?,15+/m0/s1. The van der Waals surface area contributed by atoms with Gasteiger partial charge in [0, 0.05) is 31.7 Å². The third-order valence-corrected chi connectivity index (χ3v) is 4.80. The van der Waals surface area contributed by atoms with E-state index in [1.807, 2.05) is 28.9 Å². The number of nitrogens with two attached hydrogens (primary N) is 1. The molecule has 2 fully saturated rings. The van der Waals surface area contributed by atoms with Crippen LogP contribution in [0.5, 0.6) is 0 Å². The molecule has 6 heteroatoms. The van der Waals surface area contributed by atoms with E-state index in [4.69, 9.17) is 10.5 Å². The Morgan fingerprint density at radius 1 is 1.50 bits per heavy atom. The van der Waals surface area contributed by atoms with Crippen molar-refractivity contribution in [1.82, 2.24) is 14.7 Å². The van der Waals surface area contributed by atoms with Gasteiger partial charge in [-0.1, -0.05) is 6.42 Å². The van der Waals surface area contributed by atoms with Gasteiger partial charge in [-0.15, -0.1) is 0 Å². The second kappa shape index (κ2) is 6.79. The van der Waals surface area contributed by atoms with E-state index >= 15 is 0 Å². The summed E-state index contributed by atoms with van der Waals surface area (Å²) in [6.07, 6.45) is 7.76. The third kappa shape index (κ3) is 3.67. The lowest BCUT2D eigenvalue weighted by Crippen LogP contribution is -2.47. The van der Waals surface area contributed by atoms with Crippen LogP contribution >= 0.6 is 0 Å². The lowest BCUT2D eigenvalue weighted by molar-refractivity contribution is -0.140. The number of ether oxygens (including phenoxy) is 1. The maximum atomic E-state index is 12.5. The topological polar surface area (TPSA) is 73.4 Å². The number of amides is 1. The Morgan fingerprint density at radius 3 is 3.05 bits per heavy atom. The van der Waals surface area contributed by atoms with Crippen LogP contribution in [0.4, 0.5) is 0 Å². The predicted octanol–water partition coefficient (Wildman–Crippen LogP) is 0.936. The zero-order valence-corrected chi connectivity index (χ0v) is 13.3. The number of carbonyl (C=O) groups excluding carboxylic acids is 1. The van der Waals surface area contributed by atoms with E-state index in [0.717, 1.165) is 24.8 Å². The van der Waals surface area contributed by atoms with Gasteiger partial charge in [0.25, 0.3) is 0 Å². The molecule has 2 heterocycles. The van der Waals surface area contributed by atoms with Crippen LogP contribution in [-0.2, 0) is 16.1 Å².